The number of rotatable bonds is 3. The van der Waals surface area contributed by atoms with E-state index in [0.29, 0.717) is 6.61 Å². The van der Waals surface area contributed by atoms with Crippen molar-refractivity contribution in [3.63, 3.8) is 0 Å². The molecule has 0 spiro atoms. The normalized spacial score (nSPS) is 7.60. The van der Waals surface area contributed by atoms with Gasteiger partial charge in [-0.3, -0.25) is 7.32 Å². The minimum Gasteiger partial charge on any atom is -0.907 e. The van der Waals surface area contributed by atoms with E-state index in [-0.39, 0.29) is 100.0 Å². The van der Waals surface area contributed by atoms with Crippen molar-refractivity contribution in [3.05, 3.63) is 29.8 Å². The summed E-state index contributed by atoms with van der Waals surface area (Å²) in [5, 5.41) is 34.5. The van der Waals surface area contributed by atoms with Crippen LogP contribution >= 0.6 is 22.6 Å². The van der Waals surface area contributed by atoms with E-state index < -0.39 is 13.3 Å². The molecule has 1 rings (SSSR count). The molecule has 0 unspecified atom stereocenters. The number of carbonyl (C=O) groups excluding carboxylic acids is 1. The smallest absolute Gasteiger partial charge is 0.907 e. The summed E-state index contributed by atoms with van der Waals surface area (Å²) < 4.78 is 5.60. The Morgan fingerprint density at radius 3 is 2.05 bits per heavy atom. The third kappa shape index (κ3) is 16.5. The van der Waals surface area contributed by atoms with Crippen molar-refractivity contribution in [3.8, 4) is 5.75 Å². The fraction of sp³-hybridized carbons (Fsp3) is 0.222. The van der Waals surface area contributed by atoms with Crippen LogP contribution in [0.4, 0.5) is 0 Å². The predicted octanol–water partition coefficient (Wildman–Crippen LogP) is -11.0. The molecular formula is C9H9BINa3O6. The van der Waals surface area contributed by atoms with Crippen molar-refractivity contribution in [1.29, 1.82) is 0 Å². The number of halogens is 1. The van der Waals surface area contributed by atoms with Crippen LogP contribution in [0.2, 0.25) is 0 Å². The fourth-order valence-electron chi connectivity index (χ4n) is 0.855. The zero-order valence-electron chi connectivity index (χ0n) is 11.7. The molecule has 1 N–H and O–H groups in total. The van der Waals surface area contributed by atoms with Gasteiger partial charge in [0.25, 0.3) is 0 Å². The van der Waals surface area contributed by atoms with Crippen LogP contribution in [0.5, 0.6) is 5.75 Å². The SMILES string of the molecule is O=C(OCCI)c1ccccc1O.[Na+].[Na+].[Na+].[O-]B([O-])[O-]. The second-order valence-electron chi connectivity index (χ2n) is 2.63. The summed E-state index contributed by atoms with van der Waals surface area (Å²) >= 11 is 2.11. The molecule has 20 heavy (non-hydrogen) atoms. The number of hydrogen-bond acceptors (Lipinski definition) is 6. The number of phenols is 1. The van der Waals surface area contributed by atoms with Gasteiger partial charge >= 0.3 is 94.6 Å². The summed E-state index contributed by atoms with van der Waals surface area (Å²) in [6.45, 7) is 0.369. The number of alkyl halides is 1. The first-order valence-corrected chi connectivity index (χ1v) is 6.00. The summed E-state index contributed by atoms with van der Waals surface area (Å²) in [7, 11) is -2.92. The predicted molar refractivity (Wildman–Crippen MR) is 63.0 cm³/mol. The molecule has 1 aromatic rings. The molecule has 0 radical (unpaired) electrons. The molecule has 0 heterocycles. The number of aromatic hydroxyl groups is 1. The standard InChI is InChI=1S/C9H9IO3.BO3.3Na/c10-5-6-13-9(12)7-3-1-2-4-8(7)11;2-1(3)4;;;/h1-4,11H,5-6H2;;;;/q;-3;3*+1. The van der Waals surface area contributed by atoms with Gasteiger partial charge in [0.05, 0.1) is 0 Å². The van der Waals surface area contributed by atoms with Crippen LogP contribution < -0.4 is 104 Å². The molecule has 0 saturated heterocycles. The first-order valence-electron chi connectivity index (χ1n) is 4.47. The quantitative estimate of drug-likeness (QED) is 0.225. The monoisotopic (exact) mass is 420 g/mol. The Bertz CT molecular complexity index is 355. The molecule has 0 amide bonds. The largest absolute Gasteiger partial charge is 1.00 e. The minimum absolute atomic E-state index is 0. The zero-order valence-corrected chi connectivity index (χ0v) is 19.8. The number of phenolic OH excluding ortho intramolecular Hbond substituents is 1. The summed E-state index contributed by atoms with van der Waals surface area (Å²) in [5.41, 5.74) is 0.215. The molecule has 11 heteroatoms. The number of para-hydroxylation sites is 1. The van der Waals surface area contributed by atoms with Gasteiger partial charge in [-0.05, 0) is 12.1 Å². The average molecular weight is 420 g/mol. The molecule has 6 nitrogen and oxygen atoms in total. The van der Waals surface area contributed by atoms with Crippen LogP contribution in [-0.4, -0.2) is 29.4 Å². The molecule has 94 valence electrons. The fourth-order valence-corrected chi connectivity index (χ4v) is 1.08. The van der Waals surface area contributed by atoms with E-state index in [2.05, 4.69) is 22.6 Å². The van der Waals surface area contributed by atoms with Crippen LogP contribution in [0.1, 0.15) is 10.4 Å². The van der Waals surface area contributed by atoms with Gasteiger partial charge in [0.2, 0.25) is 0 Å². The van der Waals surface area contributed by atoms with Crippen LogP contribution in [-0.2, 0) is 4.74 Å². The van der Waals surface area contributed by atoms with Gasteiger partial charge in [0, 0.05) is 4.43 Å². The second-order valence-corrected chi connectivity index (χ2v) is 3.71. The Balaban J connectivity index is -0.000000164. The van der Waals surface area contributed by atoms with Crippen LogP contribution in [0.15, 0.2) is 24.3 Å². The van der Waals surface area contributed by atoms with Gasteiger partial charge in [0.1, 0.15) is 17.9 Å². The van der Waals surface area contributed by atoms with Crippen LogP contribution in [0.3, 0.4) is 0 Å². The van der Waals surface area contributed by atoms with E-state index in [1.54, 1.807) is 12.1 Å². The summed E-state index contributed by atoms with van der Waals surface area (Å²) in [6, 6.07) is 6.33. The van der Waals surface area contributed by atoms with Crippen molar-refractivity contribution in [2.45, 2.75) is 0 Å². The number of hydrogen-bond donors (Lipinski definition) is 1. The summed E-state index contributed by atoms with van der Waals surface area (Å²) in [5.74, 6) is -0.518. The Morgan fingerprint density at radius 2 is 1.65 bits per heavy atom. The third-order valence-corrected chi connectivity index (χ3v) is 1.87. The molecule has 1 aromatic carbocycles. The molecule has 0 fully saturated rings. The van der Waals surface area contributed by atoms with Crippen molar-refractivity contribution in [1.82, 2.24) is 0 Å². The summed E-state index contributed by atoms with van der Waals surface area (Å²) in [6.07, 6.45) is 0. The van der Waals surface area contributed by atoms with Gasteiger partial charge in [-0.2, -0.15) is 0 Å². The van der Waals surface area contributed by atoms with Crippen molar-refractivity contribution in [2.75, 3.05) is 11.0 Å². The van der Waals surface area contributed by atoms with Crippen LogP contribution in [0.25, 0.3) is 0 Å². The van der Waals surface area contributed by atoms with E-state index >= 15 is 0 Å². The minimum atomic E-state index is -2.92. The maximum atomic E-state index is 11.2. The molecule has 0 saturated carbocycles. The third-order valence-electron chi connectivity index (χ3n) is 1.43. The Morgan fingerprint density at radius 1 is 1.20 bits per heavy atom. The topological polar surface area (TPSA) is 116 Å². The molecular weight excluding hydrogens is 411 g/mol. The number of carbonyl (C=O) groups is 1. The molecule has 0 bridgehead atoms. The van der Waals surface area contributed by atoms with E-state index in [1.165, 1.54) is 12.1 Å². The van der Waals surface area contributed by atoms with Crippen LogP contribution in [0, 0.1) is 0 Å². The molecule has 0 atom stereocenters. The van der Waals surface area contributed by atoms with Gasteiger partial charge in [-0.1, -0.05) is 34.7 Å². The molecule has 0 aromatic heterocycles. The Labute approximate surface area is 197 Å². The number of esters is 1. The number of ether oxygens (including phenoxy) is 1. The van der Waals surface area contributed by atoms with Gasteiger partial charge in [-0.25, -0.2) is 4.79 Å². The van der Waals surface area contributed by atoms with E-state index in [9.17, 15) is 9.90 Å². The van der Waals surface area contributed by atoms with Gasteiger partial charge < -0.3 is 24.9 Å². The Kier molecular flexibility index (Phi) is 28.9. The van der Waals surface area contributed by atoms with E-state index in [1.807, 2.05) is 0 Å². The first-order chi connectivity index (χ1) is 7.99. The van der Waals surface area contributed by atoms with E-state index in [4.69, 9.17) is 19.8 Å². The number of benzene rings is 1. The van der Waals surface area contributed by atoms with Crippen molar-refractivity contribution in [2.24, 2.45) is 0 Å². The van der Waals surface area contributed by atoms with Gasteiger partial charge in [-0.15, -0.1) is 0 Å². The van der Waals surface area contributed by atoms with Crippen molar-refractivity contribution >= 4 is 35.9 Å². The van der Waals surface area contributed by atoms with E-state index in [0.717, 1.165) is 4.43 Å². The maximum Gasteiger partial charge on any atom is 1.00 e. The second kappa shape index (κ2) is 19.2. The zero-order chi connectivity index (χ0) is 13.3. The average Bonchev–Trinajstić information content (AvgIpc) is 2.26. The maximum absolute atomic E-state index is 11.2. The first kappa shape index (κ1) is 30.1. The molecule has 0 aliphatic rings. The summed E-state index contributed by atoms with van der Waals surface area (Å²) in [4.78, 5) is 11.2. The Hall–Kier alpha value is 2.16. The molecule has 0 aliphatic carbocycles. The van der Waals surface area contributed by atoms with Crippen molar-refractivity contribution < 1.29 is 118 Å². The van der Waals surface area contributed by atoms with Gasteiger partial charge in [0.15, 0.2) is 0 Å². The molecule has 0 aliphatic heterocycles.